The summed E-state index contributed by atoms with van der Waals surface area (Å²) in [4.78, 5) is 14.1. The third-order valence-electron chi connectivity index (χ3n) is 6.61. The summed E-state index contributed by atoms with van der Waals surface area (Å²) in [6.45, 7) is 7.50. The maximum absolute atomic E-state index is 13.4. The third kappa shape index (κ3) is 8.86. The number of piperidine rings is 1. The number of nitrogens with zero attached hydrogens (tertiary/aromatic N) is 1. The van der Waals surface area contributed by atoms with Gasteiger partial charge in [0.2, 0.25) is 0 Å². The van der Waals surface area contributed by atoms with Gasteiger partial charge in [-0.05, 0) is 93.9 Å². The van der Waals surface area contributed by atoms with Crippen molar-refractivity contribution in [3.8, 4) is 0 Å². The molecule has 0 bridgehead atoms. The van der Waals surface area contributed by atoms with Crippen molar-refractivity contribution in [1.29, 1.82) is 0 Å². The average molecular weight is 486 g/mol. The second-order valence-corrected chi connectivity index (χ2v) is 9.18. The normalized spacial score (nSPS) is 15.5. The van der Waals surface area contributed by atoms with Crippen LogP contribution >= 0.6 is 0 Å². The molecule has 1 fully saturated rings. The van der Waals surface area contributed by atoms with Crippen molar-refractivity contribution < 1.29 is 23.0 Å². The van der Waals surface area contributed by atoms with Gasteiger partial charge in [-0.25, -0.2) is 13.6 Å². The predicted molar refractivity (Wildman–Crippen MR) is 134 cm³/mol. The van der Waals surface area contributed by atoms with E-state index < -0.39 is 0 Å². The quantitative estimate of drug-likeness (QED) is 0.196. The number of hydrogen-bond donors (Lipinski definition) is 0. The van der Waals surface area contributed by atoms with Gasteiger partial charge in [-0.2, -0.15) is 0 Å². The van der Waals surface area contributed by atoms with Crippen molar-refractivity contribution in [2.24, 2.45) is 5.92 Å². The maximum atomic E-state index is 13.4. The van der Waals surface area contributed by atoms with E-state index >= 15 is 0 Å². The van der Waals surface area contributed by atoms with Crippen molar-refractivity contribution >= 4 is 5.97 Å². The number of hydrogen-bond acceptors (Lipinski definition) is 4. The van der Waals surface area contributed by atoms with E-state index in [0.717, 1.165) is 49.5 Å². The van der Waals surface area contributed by atoms with Crippen LogP contribution in [0.4, 0.5) is 8.78 Å². The highest BCUT2D eigenvalue weighted by Crippen LogP contribution is 2.27. The lowest BCUT2D eigenvalue weighted by molar-refractivity contribution is -0.138. The summed E-state index contributed by atoms with van der Waals surface area (Å²) in [5, 5.41) is 0. The molecule has 0 aliphatic carbocycles. The van der Waals surface area contributed by atoms with E-state index in [2.05, 4.69) is 4.90 Å². The largest absolute Gasteiger partial charge is 0.463 e. The Labute approximate surface area is 207 Å². The summed E-state index contributed by atoms with van der Waals surface area (Å²) in [5.41, 5.74) is 2.40. The molecule has 190 valence electrons. The molecule has 0 atom stereocenters. The highest BCUT2D eigenvalue weighted by atomic mass is 19.1. The van der Waals surface area contributed by atoms with Gasteiger partial charge in [-0.15, -0.1) is 0 Å². The first kappa shape index (κ1) is 27.0. The van der Waals surface area contributed by atoms with Crippen molar-refractivity contribution in [2.75, 3.05) is 32.8 Å². The Kier molecular flexibility index (Phi) is 10.9. The van der Waals surface area contributed by atoms with Crippen LogP contribution in [-0.4, -0.2) is 43.7 Å². The van der Waals surface area contributed by atoms with Crippen LogP contribution in [0.3, 0.4) is 0 Å². The number of carbonyl (C=O) groups excluding carboxylic acids is 1. The minimum atomic E-state index is -0.361. The molecule has 0 amide bonds. The molecule has 3 rings (SSSR count). The highest BCUT2D eigenvalue weighted by molar-refractivity contribution is 5.87. The number of allylic oxidation sites excluding steroid dienone is 1. The van der Waals surface area contributed by atoms with E-state index in [9.17, 15) is 13.6 Å². The zero-order valence-corrected chi connectivity index (χ0v) is 20.8. The fourth-order valence-corrected chi connectivity index (χ4v) is 4.51. The van der Waals surface area contributed by atoms with E-state index in [-0.39, 0.29) is 23.7 Å². The average Bonchev–Trinajstić information content (AvgIpc) is 2.87. The molecule has 0 aromatic heterocycles. The predicted octanol–water partition coefficient (Wildman–Crippen LogP) is 6.46. The van der Waals surface area contributed by atoms with Gasteiger partial charge < -0.3 is 14.4 Å². The first-order chi connectivity index (χ1) is 17.0. The van der Waals surface area contributed by atoms with Crippen LogP contribution < -0.4 is 0 Å². The van der Waals surface area contributed by atoms with Crippen LogP contribution in [0.25, 0.3) is 0 Å². The van der Waals surface area contributed by atoms with Gasteiger partial charge in [0.05, 0.1) is 13.2 Å². The number of likely N-dealkylation sites (tertiary alicyclic amines) is 1. The molecule has 0 spiro atoms. The molecular formula is C29H37F2NO3. The number of ether oxygens (including phenoxy) is 2. The molecule has 0 radical (unpaired) electrons. The lowest BCUT2D eigenvalue weighted by Gasteiger charge is -2.32. The summed E-state index contributed by atoms with van der Waals surface area (Å²) in [6.07, 6.45) is 7.13. The van der Waals surface area contributed by atoms with Crippen molar-refractivity contribution in [3.63, 3.8) is 0 Å². The summed E-state index contributed by atoms with van der Waals surface area (Å²) in [5.74, 6) is -0.0852. The highest BCUT2D eigenvalue weighted by Gasteiger charge is 2.20. The first-order valence-corrected chi connectivity index (χ1v) is 12.6. The Balaban J connectivity index is 1.41. The zero-order chi connectivity index (χ0) is 25.0. The third-order valence-corrected chi connectivity index (χ3v) is 6.61. The molecule has 0 saturated carbocycles. The topological polar surface area (TPSA) is 38.8 Å². The molecular weight excluding hydrogens is 448 g/mol. The van der Waals surface area contributed by atoms with Gasteiger partial charge in [0.15, 0.2) is 0 Å². The monoisotopic (exact) mass is 485 g/mol. The van der Waals surface area contributed by atoms with E-state index in [1.807, 2.05) is 19.9 Å². The zero-order valence-electron chi connectivity index (χ0n) is 20.8. The smallest absolute Gasteiger partial charge is 0.333 e. The number of carbonyl (C=O) groups is 1. The van der Waals surface area contributed by atoms with Crippen LogP contribution in [-0.2, 0) is 14.3 Å². The van der Waals surface area contributed by atoms with Gasteiger partial charge >= 0.3 is 5.97 Å². The summed E-state index contributed by atoms with van der Waals surface area (Å²) in [7, 11) is 0. The summed E-state index contributed by atoms with van der Waals surface area (Å²) >= 11 is 0. The van der Waals surface area contributed by atoms with Gasteiger partial charge in [-0.3, -0.25) is 0 Å². The minimum Gasteiger partial charge on any atom is -0.463 e. The van der Waals surface area contributed by atoms with Crippen LogP contribution in [0, 0.1) is 17.6 Å². The van der Waals surface area contributed by atoms with Crippen molar-refractivity contribution in [2.45, 2.75) is 52.1 Å². The number of halogens is 2. The number of benzene rings is 2. The molecule has 2 aromatic rings. The maximum Gasteiger partial charge on any atom is 0.333 e. The van der Waals surface area contributed by atoms with Crippen LogP contribution in [0.1, 0.15) is 63.2 Å². The van der Waals surface area contributed by atoms with Crippen LogP contribution in [0.15, 0.2) is 60.2 Å². The molecule has 35 heavy (non-hydrogen) atoms. The number of rotatable bonds is 12. The fourth-order valence-electron chi connectivity index (χ4n) is 4.51. The van der Waals surface area contributed by atoms with Crippen molar-refractivity contribution in [3.05, 3.63) is 82.9 Å². The molecule has 1 saturated heterocycles. The number of esters is 1. The van der Waals surface area contributed by atoms with E-state index in [1.54, 1.807) is 24.3 Å². The molecule has 1 heterocycles. The van der Waals surface area contributed by atoms with Gasteiger partial charge in [0.1, 0.15) is 17.7 Å². The van der Waals surface area contributed by atoms with Crippen molar-refractivity contribution in [1.82, 2.24) is 4.90 Å². The second kappa shape index (κ2) is 14.1. The number of unbranched alkanes of at least 4 members (excludes halogenated alkanes) is 1. The van der Waals surface area contributed by atoms with Gasteiger partial charge in [0.25, 0.3) is 0 Å². The van der Waals surface area contributed by atoms with Crippen LogP contribution in [0.2, 0.25) is 0 Å². The molecule has 4 nitrogen and oxygen atoms in total. The van der Waals surface area contributed by atoms with Crippen LogP contribution in [0.5, 0.6) is 0 Å². The standard InChI is InChI=1S/C29H37F2NO3/c1-3-34-29(33)22(2)6-4-5-7-23-16-18-32(19-17-23)20-21-35-28(24-8-12-26(30)13-9-24)25-10-14-27(31)15-11-25/h6,8-15,23,28H,3-5,7,16-21H2,1-2H3/b22-6+. The SMILES string of the molecule is CCOC(=O)/C(C)=C/CCCC1CCN(CCOC(c2ccc(F)cc2)c2ccc(F)cc2)CC1. The molecule has 1 aliphatic heterocycles. The van der Waals surface area contributed by atoms with Gasteiger partial charge in [-0.1, -0.05) is 36.8 Å². The summed E-state index contributed by atoms with van der Waals surface area (Å²) in [6, 6.07) is 12.6. The lowest BCUT2D eigenvalue weighted by Crippen LogP contribution is -2.36. The van der Waals surface area contributed by atoms with E-state index in [4.69, 9.17) is 9.47 Å². The fraction of sp³-hybridized carbons (Fsp3) is 0.483. The molecule has 6 heteroatoms. The summed E-state index contributed by atoms with van der Waals surface area (Å²) < 4.78 is 38.1. The first-order valence-electron chi connectivity index (χ1n) is 12.6. The Morgan fingerprint density at radius 1 is 1.03 bits per heavy atom. The Morgan fingerprint density at radius 2 is 1.60 bits per heavy atom. The minimum absolute atomic E-state index is 0.218. The Bertz CT molecular complexity index is 890. The van der Waals surface area contributed by atoms with Gasteiger partial charge in [0, 0.05) is 12.1 Å². The van der Waals surface area contributed by atoms with E-state index in [1.165, 1.54) is 43.5 Å². The van der Waals surface area contributed by atoms with E-state index in [0.29, 0.717) is 18.8 Å². The lowest BCUT2D eigenvalue weighted by atomic mass is 9.91. The molecule has 0 N–H and O–H groups in total. The molecule has 2 aromatic carbocycles. The second-order valence-electron chi connectivity index (χ2n) is 9.18. The molecule has 0 unspecified atom stereocenters. The molecule has 1 aliphatic rings. The Hall–Kier alpha value is -2.57. The Morgan fingerprint density at radius 3 is 2.14 bits per heavy atom.